The maximum atomic E-state index is 13.1. The topological polar surface area (TPSA) is 51.0 Å². The van der Waals surface area contributed by atoms with Crippen LogP contribution in [0.4, 0.5) is 4.39 Å². The molecule has 0 saturated carbocycles. The van der Waals surface area contributed by atoms with Gasteiger partial charge in [0.25, 0.3) is 0 Å². The molecule has 140 valence electrons. The Morgan fingerprint density at radius 2 is 2.04 bits per heavy atom. The zero-order valence-electron chi connectivity index (χ0n) is 14.8. The standard InChI is InChI=1S/C19H18ClFN4OS/c1-13(14-6-8-16(21)9-7-14)24(2)18(26)11-27-19-23-22-12-25(19)17-5-3-4-15(20)10-17/h3-10,12-13H,11H2,1-2H3. The van der Waals surface area contributed by atoms with Gasteiger partial charge in [-0.15, -0.1) is 10.2 Å². The SMILES string of the molecule is CC(c1ccc(F)cc1)N(C)C(=O)CSc1nncn1-c1cccc(Cl)c1. The van der Waals surface area contributed by atoms with Crippen LogP contribution in [0, 0.1) is 5.82 Å². The molecule has 0 N–H and O–H groups in total. The smallest absolute Gasteiger partial charge is 0.233 e. The fraction of sp³-hybridized carbons (Fsp3) is 0.211. The van der Waals surface area contributed by atoms with E-state index in [0.29, 0.717) is 10.2 Å². The highest BCUT2D eigenvalue weighted by atomic mass is 35.5. The van der Waals surface area contributed by atoms with E-state index in [0.717, 1.165) is 11.3 Å². The summed E-state index contributed by atoms with van der Waals surface area (Å²) >= 11 is 7.34. The van der Waals surface area contributed by atoms with Gasteiger partial charge in [0.2, 0.25) is 5.91 Å². The predicted octanol–water partition coefficient (Wildman–Crippen LogP) is 4.37. The van der Waals surface area contributed by atoms with Crippen molar-refractivity contribution in [2.75, 3.05) is 12.8 Å². The second-order valence-electron chi connectivity index (χ2n) is 5.98. The van der Waals surface area contributed by atoms with Crippen molar-refractivity contribution in [3.05, 3.63) is 71.3 Å². The number of hydrogen-bond donors (Lipinski definition) is 0. The van der Waals surface area contributed by atoms with Crippen LogP contribution in [0.25, 0.3) is 5.69 Å². The van der Waals surface area contributed by atoms with E-state index >= 15 is 0 Å². The molecule has 0 bridgehead atoms. The van der Waals surface area contributed by atoms with Crippen LogP contribution in [0.2, 0.25) is 5.02 Å². The van der Waals surface area contributed by atoms with Crippen molar-refractivity contribution < 1.29 is 9.18 Å². The molecule has 5 nitrogen and oxygen atoms in total. The van der Waals surface area contributed by atoms with Crippen LogP contribution in [0.3, 0.4) is 0 Å². The van der Waals surface area contributed by atoms with Crippen molar-refractivity contribution >= 4 is 29.3 Å². The van der Waals surface area contributed by atoms with Gasteiger partial charge in [-0.1, -0.05) is 41.6 Å². The van der Waals surface area contributed by atoms with E-state index in [2.05, 4.69) is 10.2 Å². The van der Waals surface area contributed by atoms with Crippen LogP contribution in [-0.4, -0.2) is 38.4 Å². The van der Waals surface area contributed by atoms with Crippen LogP contribution in [0.15, 0.2) is 60.0 Å². The third-order valence-electron chi connectivity index (χ3n) is 4.25. The van der Waals surface area contributed by atoms with Gasteiger partial charge < -0.3 is 4.90 Å². The summed E-state index contributed by atoms with van der Waals surface area (Å²) in [6.45, 7) is 1.91. The predicted molar refractivity (Wildman–Crippen MR) is 105 cm³/mol. The first-order valence-corrected chi connectivity index (χ1v) is 9.62. The Bertz CT molecular complexity index is 931. The van der Waals surface area contributed by atoms with Gasteiger partial charge in [-0.05, 0) is 42.8 Å². The Morgan fingerprint density at radius 1 is 1.30 bits per heavy atom. The Morgan fingerprint density at radius 3 is 2.74 bits per heavy atom. The van der Waals surface area contributed by atoms with E-state index in [4.69, 9.17) is 11.6 Å². The van der Waals surface area contributed by atoms with Gasteiger partial charge in [0.1, 0.15) is 12.1 Å². The van der Waals surface area contributed by atoms with Crippen LogP contribution in [0.1, 0.15) is 18.5 Å². The molecule has 0 spiro atoms. The number of hydrogen-bond acceptors (Lipinski definition) is 4. The summed E-state index contributed by atoms with van der Waals surface area (Å²) in [5, 5.41) is 9.23. The normalized spacial score (nSPS) is 12.0. The monoisotopic (exact) mass is 404 g/mol. The highest BCUT2D eigenvalue weighted by Crippen LogP contribution is 2.24. The fourth-order valence-electron chi connectivity index (χ4n) is 2.53. The number of carbonyl (C=O) groups is 1. The molecular formula is C19H18ClFN4OS. The van der Waals surface area contributed by atoms with Gasteiger partial charge in [0, 0.05) is 12.1 Å². The number of halogens is 2. The molecule has 8 heteroatoms. The number of thioether (sulfide) groups is 1. The molecule has 0 saturated heterocycles. The summed E-state index contributed by atoms with van der Waals surface area (Å²) in [6, 6.07) is 13.3. The molecule has 0 fully saturated rings. The van der Waals surface area contributed by atoms with Crippen LogP contribution < -0.4 is 0 Å². The Balaban J connectivity index is 1.66. The molecule has 1 amide bonds. The highest BCUT2D eigenvalue weighted by Gasteiger charge is 2.19. The molecule has 1 unspecified atom stereocenters. The first-order chi connectivity index (χ1) is 13.0. The molecule has 2 aromatic carbocycles. The molecule has 0 radical (unpaired) electrons. The first kappa shape index (κ1) is 19.4. The minimum absolute atomic E-state index is 0.0579. The van der Waals surface area contributed by atoms with Gasteiger partial charge in [0.05, 0.1) is 17.5 Å². The number of amides is 1. The lowest BCUT2D eigenvalue weighted by Gasteiger charge is -2.25. The molecule has 1 aromatic heterocycles. The summed E-state index contributed by atoms with van der Waals surface area (Å²) < 4.78 is 14.9. The number of benzene rings is 2. The number of aromatic nitrogens is 3. The van der Waals surface area contributed by atoms with Gasteiger partial charge in [0.15, 0.2) is 5.16 Å². The summed E-state index contributed by atoms with van der Waals surface area (Å²) in [5.41, 5.74) is 1.70. The van der Waals surface area contributed by atoms with Crippen molar-refractivity contribution in [2.45, 2.75) is 18.1 Å². The van der Waals surface area contributed by atoms with Crippen molar-refractivity contribution in [1.29, 1.82) is 0 Å². The number of nitrogens with zero attached hydrogens (tertiary/aromatic N) is 4. The average Bonchev–Trinajstić information content (AvgIpc) is 3.14. The zero-order valence-corrected chi connectivity index (χ0v) is 16.4. The quantitative estimate of drug-likeness (QED) is 0.572. The molecular weight excluding hydrogens is 387 g/mol. The van der Waals surface area contributed by atoms with Gasteiger partial charge in [-0.3, -0.25) is 9.36 Å². The van der Waals surface area contributed by atoms with E-state index in [-0.39, 0.29) is 23.5 Å². The Kier molecular flexibility index (Phi) is 6.13. The minimum atomic E-state index is -0.296. The molecule has 27 heavy (non-hydrogen) atoms. The molecule has 3 aromatic rings. The molecule has 0 aliphatic rings. The second kappa shape index (κ2) is 8.54. The van der Waals surface area contributed by atoms with Crippen molar-refractivity contribution in [2.24, 2.45) is 0 Å². The molecule has 3 rings (SSSR count). The molecule has 0 aliphatic heterocycles. The minimum Gasteiger partial charge on any atom is -0.338 e. The second-order valence-corrected chi connectivity index (χ2v) is 7.36. The van der Waals surface area contributed by atoms with E-state index in [1.807, 2.05) is 19.1 Å². The zero-order chi connectivity index (χ0) is 19.4. The third-order valence-corrected chi connectivity index (χ3v) is 5.42. The maximum absolute atomic E-state index is 13.1. The third kappa shape index (κ3) is 4.67. The van der Waals surface area contributed by atoms with E-state index in [1.165, 1.54) is 23.9 Å². The molecule has 1 heterocycles. The average molecular weight is 405 g/mol. The van der Waals surface area contributed by atoms with E-state index < -0.39 is 0 Å². The van der Waals surface area contributed by atoms with E-state index in [9.17, 15) is 9.18 Å². The van der Waals surface area contributed by atoms with Crippen molar-refractivity contribution in [1.82, 2.24) is 19.7 Å². The summed E-state index contributed by atoms with van der Waals surface area (Å²) in [4.78, 5) is 14.2. The van der Waals surface area contributed by atoms with Crippen LogP contribution in [-0.2, 0) is 4.79 Å². The van der Waals surface area contributed by atoms with Crippen molar-refractivity contribution in [3.63, 3.8) is 0 Å². The Labute approximate surface area is 166 Å². The molecule has 1 atom stereocenters. The largest absolute Gasteiger partial charge is 0.338 e. The fourth-order valence-corrected chi connectivity index (χ4v) is 3.57. The van der Waals surface area contributed by atoms with E-state index in [1.54, 1.807) is 47.1 Å². The number of carbonyl (C=O) groups excluding carboxylic acids is 1. The lowest BCUT2D eigenvalue weighted by molar-refractivity contribution is -0.128. The highest BCUT2D eigenvalue weighted by molar-refractivity contribution is 7.99. The molecule has 0 aliphatic carbocycles. The summed E-state index contributed by atoms with van der Waals surface area (Å²) in [5.74, 6) is -0.144. The maximum Gasteiger partial charge on any atom is 0.233 e. The van der Waals surface area contributed by atoms with Gasteiger partial charge in [-0.25, -0.2) is 4.39 Å². The van der Waals surface area contributed by atoms with Crippen molar-refractivity contribution in [3.8, 4) is 5.69 Å². The van der Waals surface area contributed by atoms with Gasteiger partial charge in [-0.2, -0.15) is 0 Å². The Hall–Kier alpha value is -2.38. The summed E-state index contributed by atoms with van der Waals surface area (Å²) in [7, 11) is 1.73. The van der Waals surface area contributed by atoms with Gasteiger partial charge >= 0.3 is 0 Å². The lowest BCUT2D eigenvalue weighted by Crippen LogP contribution is -2.31. The lowest BCUT2D eigenvalue weighted by atomic mass is 10.1. The van der Waals surface area contributed by atoms with Crippen LogP contribution in [0.5, 0.6) is 0 Å². The number of rotatable bonds is 6. The van der Waals surface area contributed by atoms with Crippen LogP contribution >= 0.6 is 23.4 Å². The summed E-state index contributed by atoms with van der Waals surface area (Å²) in [6.07, 6.45) is 1.59. The first-order valence-electron chi connectivity index (χ1n) is 8.25.